The van der Waals surface area contributed by atoms with Gasteiger partial charge in [-0.05, 0) is 30.5 Å². The van der Waals surface area contributed by atoms with Crippen LogP contribution in [-0.4, -0.2) is 43.7 Å². The molecule has 4 heteroatoms. The number of nitrogens with two attached hydrogens (primary N) is 1. The van der Waals surface area contributed by atoms with E-state index in [4.69, 9.17) is 17.3 Å². The predicted octanol–water partition coefficient (Wildman–Crippen LogP) is 3.23. The molecule has 1 aromatic carbocycles. The lowest BCUT2D eigenvalue weighted by molar-refractivity contribution is 0.219. The zero-order valence-corrected chi connectivity index (χ0v) is 14.2. The topological polar surface area (TPSA) is 32.5 Å². The molecule has 3 nitrogen and oxygen atoms in total. The van der Waals surface area contributed by atoms with Crippen LogP contribution in [0.4, 0.5) is 5.69 Å². The molecule has 1 aromatic rings. The van der Waals surface area contributed by atoms with E-state index in [0.717, 1.165) is 49.9 Å². The van der Waals surface area contributed by atoms with E-state index in [0.29, 0.717) is 0 Å². The van der Waals surface area contributed by atoms with Gasteiger partial charge >= 0.3 is 0 Å². The smallest absolute Gasteiger partial charge is 0.0639 e. The molecule has 2 N–H and O–H groups in total. The van der Waals surface area contributed by atoms with Crippen LogP contribution in [0.25, 0.3) is 0 Å². The third-order valence-corrected chi connectivity index (χ3v) is 4.75. The zero-order valence-electron chi connectivity index (χ0n) is 13.5. The summed E-state index contributed by atoms with van der Waals surface area (Å²) in [6.45, 7) is 12.0. The summed E-state index contributed by atoms with van der Waals surface area (Å²) in [5.74, 6) is 0. The number of hydrogen-bond acceptors (Lipinski definition) is 3. The average molecular weight is 310 g/mol. The van der Waals surface area contributed by atoms with Gasteiger partial charge in [0.15, 0.2) is 0 Å². The van der Waals surface area contributed by atoms with Crippen LogP contribution in [-0.2, 0) is 0 Å². The largest absolute Gasteiger partial charge is 0.368 e. The molecule has 1 aliphatic rings. The molecule has 1 heterocycles. The molecule has 1 unspecified atom stereocenters. The first-order valence-electron chi connectivity index (χ1n) is 7.85. The Hall–Kier alpha value is -0.770. The number of halogens is 1. The van der Waals surface area contributed by atoms with Gasteiger partial charge in [0.1, 0.15) is 0 Å². The van der Waals surface area contributed by atoms with Crippen LogP contribution >= 0.6 is 11.6 Å². The third kappa shape index (κ3) is 4.60. The minimum absolute atomic E-state index is 0.194. The molecule has 0 aromatic heterocycles. The van der Waals surface area contributed by atoms with Crippen LogP contribution in [0, 0.1) is 5.41 Å². The average Bonchev–Trinajstić information content (AvgIpc) is 2.45. The molecule has 0 spiro atoms. The molecular weight excluding hydrogens is 282 g/mol. The van der Waals surface area contributed by atoms with Gasteiger partial charge in [0.05, 0.1) is 10.7 Å². The molecule has 0 aliphatic carbocycles. The molecule has 0 bridgehead atoms. The van der Waals surface area contributed by atoms with E-state index in [-0.39, 0.29) is 11.5 Å². The van der Waals surface area contributed by atoms with Gasteiger partial charge in [-0.1, -0.05) is 44.5 Å². The molecule has 1 saturated heterocycles. The molecule has 118 valence electrons. The lowest BCUT2D eigenvalue weighted by Gasteiger charge is -2.37. The summed E-state index contributed by atoms with van der Waals surface area (Å²) in [6, 6.07) is 8.37. The number of nitrogens with zero attached hydrogens (tertiary/aromatic N) is 2. The molecule has 1 fully saturated rings. The van der Waals surface area contributed by atoms with Crippen LogP contribution in [0.3, 0.4) is 0 Å². The second kappa shape index (κ2) is 6.99. The monoisotopic (exact) mass is 309 g/mol. The van der Waals surface area contributed by atoms with Crippen molar-refractivity contribution >= 4 is 17.3 Å². The Balaban J connectivity index is 1.80. The van der Waals surface area contributed by atoms with E-state index in [9.17, 15) is 0 Å². The van der Waals surface area contributed by atoms with E-state index in [1.165, 1.54) is 0 Å². The first kappa shape index (κ1) is 16.6. The maximum atomic E-state index is 6.28. The van der Waals surface area contributed by atoms with Gasteiger partial charge in [0.2, 0.25) is 0 Å². The maximum absolute atomic E-state index is 6.28. The summed E-state index contributed by atoms with van der Waals surface area (Å²) in [5, 5.41) is 0.848. The van der Waals surface area contributed by atoms with Gasteiger partial charge in [0, 0.05) is 32.2 Å². The van der Waals surface area contributed by atoms with Crippen LogP contribution in [0.5, 0.6) is 0 Å². The fourth-order valence-corrected chi connectivity index (χ4v) is 2.93. The van der Waals surface area contributed by atoms with E-state index in [1.807, 2.05) is 12.1 Å². The molecule has 0 radical (unpaired) electrons. The van der Waals surface area contributed by atoms with Crippen molar-refractivity contribution in [3.8, 4) is 0 Å². The van der Waals surface area contributed by atoms with Crippen molar-refractivity contribution in [3.05, 3.63) is 29.3 Å². The summed E-state index contributed by atoms with van der Waals surface area (Å²) in [7, 11) is 0. The van der Waals surface area contributed by atoms with Gasteiger partial charge in [-0.25, -0.2) is 0 Å². The maximum Gasteiger partial charge on any atom is 0.0639 e. The molecule has 1 atom stereocenters. The standard InChI is InChI=1S/C17H28ClN3/c1-17(2,3)16(19)8-9-20-10-12-21(13-11-20)15-7-5-4-6-14(15)18/h4-7,16H,8-13,19H2,1-3H3. The molecule has 1 aliphatic heterocycles. The Morgan fingerprint density at radius 2 is 1.76 bits per heavy atom. The Morgan fingerprint density at radius 1 is 1.14 bits per heavy atom. The fourth-order valence-electron chi connectivity index (χ4n) is 2.68. The number of rotatable bonds is 4. The van der Waals surface area contributed by atoms with Crippen LogP contribution in [0.1, 0.15) is 27.2 Å². The van der Waals surface area contributed by atoms with Gasteiger partial charge in [-0.3, -0.25) is 4.90 Å². The van der Waals surface area contributed by atoms with Crippen molar-refractivity contribution in [2.75, 3.05) is 37.6 Å². The molecule has 2 rings (SSSR count). The normalized spacial score (nSPS) is 18.8. The second-order valence-electron chi connectivity index (χ2n) is 7.04. The first-order chi connectivity index (χ1) is 9.88. The number of para-hydroxylation sites is 1. The second-order valence-corrected chi connectivity index (χ2v) is 7.45. The molecular formula is C17H28ClN3. The summed E-state index contributed by atoms with van der Waals surface area (Å²) in [4.78, 5) is 4.89. The lowest BCUT2D eigenvalue weighted by Crippen LogP contribution is -2.48. The van der Waals surface area contributed by atoms with Gasteiger partial charge in [-0.15, -0.1) is 0 Å². The highest BCUT2D eigenvalue weighted by Gasteiger charge is 2.23. The van der Waals surface area contributed by atoms with Crippen LogP contribution in [0.15, 0.2) is 24.3 Å². The SMILES string of the molecule is CC(C)(C)C(N)CCN1CCN(c2ccccc2Cl)CC1. The highest BCUT2D eigenvalue weighted by atomic mass is 35.5. The van der Waals surface area contributed by atoms with Gasteiger partial charge < -0.3 is 10.6 Å². The van der Waals surface area contributed by atoms with Crippen molar-refractivity contribution < 1.29 is 0 Å². The fraction of sp³-hybridized carbons (Fsp3) is 0.647. The molecule has 21 heavy (non-hydrogen) atoms. The zero-order chi connectivity index (χ0) is 15.5. The van der Waals surface area contributed by atoms with E-state index >= 15 is 0 Å². The highest BCUT2D eigenvalue weighted by molar-refractivity contribution is 6.33. The predicted molar refractivity (Wildman–Crippen MR) is 92.2 cm³/mol. The number of piperazine rings is 1. The van der Waals surface area contributed by atoms with Gasteiger partial charge in [-0.2, -0.15) is 0 Å². The van der Waals surface area contributed by atoms with Crippen LogP contribution in [0.2, 0.25) is 5.02 Å². The highest BCUT2D eigenvalue weighted by Crippen LogP contribution is 2.26. The number of hydrogen-bond donors (Lipinski definition) is 1. The van der Waals surface area contributed by atoms with Crippen molar-refractivity contribution in [2.24, 2.45) is 11.1 Å². The summed E-state index contributed by atoms with van der Waals surface area (Å²) >= 11 is 6.28. The molecule has 0 saturated carbocycles. The Labute approximate surface area is 134 Å². The van der Waals surface area contributed by atoms with Crippen molar-refractivity contribution in [1.29, 1.82) is 0 Å². The number of anilines is 1. The van der Waals surface area contributed by atoms with Crippen molar-refractivity contribution in [3.63, 3.8) is 0 Å². The number of benzene rings is 1. The lowest BCUT2D eigenvalue weighted by atomic mass is 9.85. The molecule has 0 amide bonds. The Morgan fingerprint density at radius 3 is 2.33 bits per heavy atom. The summed E-state index contributed by atoms with van der Waals surface area (Å²) in [6.07, 6.45) is 1.07. The van der Waals surface area contributed by atoms with Crippen molar-refractivity contribution in [2.45, 2.75) is 33.2 Å². The summed E-state index contributed by atoms with van der Waals surface area (Å²) < 4.78 is 0. The van der Waals surface area contributed by atoms with Gasteiger partial charge in [0.25, 0.3) is 0 Å². The third-order valence-electron chi connectivity index (χ3n) is 4.43. The van der Waals surface area contributed by atoms with Crippen LogP contribution < -0.4 is 10.6 Å². The van der Waals surface area contributed by atoms with E-state index in [1.54, 1.807) is 0 Å². The first-order valence-corrected chi connectivity index (χ1v) is 8.23. The Bertz CT molecular complexity index is 448. The van der Waals surface area contributed by atoms with E-state index < -0.39 is 0 Å². The Kier molecular flexibility index (Phi) is 5.53. The quantitative estimate of drug-likeness (QED) is 0.927. The van der Waals surface area contributed by atoms with E-state index in [2.05, 4.69) is 42.7 Å². The minimum Gasteiger partial charge on any atom is -0.368 e. The van der Waals surface area contributed by atoms with Crippen molar-refractivity contribution in [1.82, 2.24) is 4.90 Å². The minimum atomic E-state index is 0.194. The summed E-state index contributed by atoms with van der Waals surface area (Å²) in [5.41, 5.74) is 7.60.